The minimum atomic E-state index is -4.46. The van der Waals surface area contributed by atoms with Gasteiger partial charge in [0.2, 0.25) is 0 Å². The quantitative estimate of drug-likeness (QED) is 0.910. The molecule has 0 aromatic heterocycles. The van der Waals surface area contributed by atoms with Gasteiger partial charge in [-0.05, 0) is 23.8 Å². The lowest BCUT2D eigenvalue weighted by atomic mass is 9.94. The highest BCUT2D eigenvalue weighted by Gasteiger charge is 2.35. The Labute approximate surface area is 125 Å². The van der Waals surface area contributed by atoms with E-state index >= 15 is 0 Å². The van der Waals surface area contributed by atoms with Crippen LogP contribution in [0.25, 0.3) is 0 Å². The molecule has 0 saturated heterocycles. The van der Waals surface area contributed by atoms with Gasteiger partial charge in [-0.15, -0.1) is 0 Å². The summed E-state index contributed by atoms with van der Waals surface area (Å²) in [5, 5.41) is 0.423. The Morgan fingerprint density at radius 2 is 1.76 bits per heavy atom. The number of methoxy groups -OCH3 is 1. The van der Waals surface area contributed by atoms with Crippen molar-refractivity contribution >= 4 is 11.6 Å². The van der Waals surface area contributed by atoms with Gasteiger partial charge in [0.15, 0.2) is 0 Å². The van der Waals surface area contributed by atoms with E-state index < -0.39 is 17.8 Å². The fourth-order valence-electron chi connectivity index (χ4n) is 2.14. The molecule has 0 bridgehead atoms. The first-order valence-corrected chi connectivity index (χ1v) is 6.47. The molecule has 2 nitrogen and oxygen atoms in total. The van der Waals surface area contributed by atoms with E-state index in [1.807, 2.05) is 0 Å². The van der Waals surface area contributed by atoms with E-state index in [0.717, 1.165) is 6.07 Å². The molecule has 0 aliphatic rings. The molecule has 112 valence electrons. The fraction of sp³-hybridized carbons (Fsp3) is 0.200. The van der Waals surface area contributed by atoms with Gasteiger partial charge in [-0.25, -0.2) is 0 Å². The van der Waals surface area contributed by atoms with Gasteiger partial charge in [-0.1, -0.05) is 35.9 Å². The Morgan fingerprint density at radius 1 is 1.10 bits per heavy atom. The van der Waals surface area contributed by atoms with Crippen molar-refractivity contribution in [3.63, 3.8) is 0 Å². The van der Waals surface area contributed by atoms with Crippen LogP contribution in [0, 0.1) is 0 Å². The van der Waals surface area contributed by atoms with Crippen LogP contribution in [-0.2, 0) is 6.18 Å². The van der Waals surface area contributed by atoms with Crippen molar-refractivity contribution in [3.05, 3.63) is 64.2 Å². The molecule has 0 aliphatic carbocycles. The molecule has 2 aromatic rings. The van der Waals surface area contributed by atoms with Gasteiger partial charge < -0.3 is 10.5 Å². The molecule has 1 atom stereocenters. The number of hydrogen-bond donors (Lipinski definition) is 1. The van der Waals surface area contributed by atoms with Crippen LogP contribution in [0.15, 0.2) is 42.5 Å². The Morgan fingerprint density at radius 3 is 2.38 bits per heavy atom. The van der Waals surface area contributed by atoms with Gasteiger partial charge in [0.1, 0.15) is 5.75 Å². The van der Waals surface area contributed by atoms with E-state index in [2.05, 4.69) is 0 Å². The Kier molecular flexibility index (Phi) is 4.44. The summed E-state index contributed by atoms with van der Waals surface area (Å²) < 4.78 is 44.3. The van der Waals surface area contributed by atoms with Crippen LogP contribution in [0.3, 0.4) is 0 Å². The highest BCUT2D eigenvalue weighted by Crippen LogP contribution is 2.38. The summed E-state index contributed by atoms with van der Waals surface area (Å²) in [7, 11) is 1.41. The summed E-state index contributed by atoms with van der Waals surface area (Å²) in [5.74, 6) is 0.354. The van der Waals surface area contributed by atoms with Crippen molar-refractivity contribution in [1.29, 1.82) is 0 Å². The number of ether oxygens (including phenoxy) is 1. The number of halogens is 4. The molecule has 6 heteroatoms. The average Bonchev–Trinajstić information content (AvgIpc) is 2.45. The Balaban J connectivity index is 2.53. The molecule has 0 heterocycles. The highest BCUT2D eigenvalue weighted by atomic mass is 35.5. The topological polar surface area (TPSA) is 35.2 Å². The molecule has 0 radical (unpaired) electrons. The maximum Gasteiger partial charge on any atom is 0.416 e. The maximum atomic E-state index is 13.1. The molecule has 2 rings (SSSR count). The second-order valence-electron chi connectivity index (χ2n) is 4.45. The summed E-state index contributed by atoms with van der Waals surface area (Å²) in [5.41, 5.74) is 5.70. The molecule has 0 aliphatic heterocycles. The van der Waals surface area contributed by atoms with Crippen molar-refractivity contribution < 1.29 is 17.9 Å². The van der Waals surface area contributed by atoms with Crippen LogP contribution in [0.5, 0.6) is 5.75 Å². The van der Waals surface area contributed by atoms with E-state index in [-0.39, 0.29) is 5.56 Å². The highest BCUT2D eigenvalue weighted by molar-refractivity contribution is 6.30. The standard InChI is InChI=1S/C15H13ClF3NO/c1-21-13-8-9(16)6-7-11(13)14(20)10-4-2-3-5-12(10)15(17,18)19/h2-8,14H,20H2,1H3. The lowest BCUT2D eigenvalue weighted by Gasteiger charge is -2.20. The van der Waals surface area contributed by atoms with Crippen LogP contribution in [0.1, 0.15) is 22.7 Å². The summed E-state index contributed by atoms with van der Waals surface area (Å²) in [6, 6.07) is 8.92. The first kappa shape index (κ1) is 15.7. The molecule has 0 spiro atoms. The molecule has 0 amide bonds. The number of rotatable bonds is 3. The van der Waals surface area contributed by atoms with Crippen molar-refractivity contribution in [2.24, 2.45) is 5.73 Å². The lowest BCUT2D eigenvalue weighted by molar-refractivity contribution is -0.138. The zero-order valence-electron chi connectivity index (χ0n) is 11.1. The van der Waals surface area contributed by atoms with Gasteiger partial charge in [0.25, 0.3) is 0 Å². The molecule has 1 unspecified atom stereocenters. The molecule has 0 saturated carbocycles. The maximum absolute atomic E-state index is 13.1. The van der Waals surface area contributed by atoms with E-state index in [1.165, 1.54) is 31.4 Å². The number of nitrogens with two attached hydrogens (primary N) is 1. The molecule has 21 heavy (non-hydrogen) atoms. The van der Waals surface area contributed by atoms with E-state index in [4.69, 9.17) is 22.1 Å². The zero-order chi connectivity index (χ0) is 15.6. The van der Waals surface area contributed by atoms with Crippen LogP contribution in [0.4, 0.5) is 13.2 Å². The third-order valence-corrected chi connectivity index (χ3v) is 3.37. The van der Waals surface area contributed by atoms with Crippen LogP contribution >= 0.6 is 11.6 Å². The summed E-state index contributed by atoms with van der Waals surface area (Å²) in [6.07, 6.45) is -4.46. The second kappa shape index (κ2) is 5.95. The zero-order valence-corrected chi connectivity index (χ0v) is 11.9. The summed E-state index contributed by atoms with van der Waals surface area (Å²) in [4.78, 5) is 0. The number of benzene rings is 2. The minimum Gasteiger partial charge on any atom is -0.496 e. The van der Waals surface area contributed by atoms with Gasteiger partial charge >= 0.3 is 6.18 Å². The molecule has 2 aromatic carbocycles. The molecule has 0 fully saturated rings. The molecule has 2 N–H and O–H groups in total. The third kappa shape index (κ3) is 3.31. The monoisotopic (exact) mass is 315 g/mol. The second-order valence-corrected chi connectivity index (χ2v) is 4.89. The summed E-state index contributed by atoms with van der Waals surface area (Å²) in [6.45, 7) is 0. The minimum absolute atomic E-state index is 0.00868. The van der Waals surface area contributed by atoms with Gasteiger partial charge in [0.05, 0.1) is 18.7 Å². The predicted molar refractivity (Wildman–Crippen MR) is 75.5 cm³/mol. The Hall–Kier alpha value is -1.72. The van der Waals surface area contributed by atoms with Gasteiger partial charge in [-0.2, -0.15) is 13.2 Å². The number of hydrogen-bond acceptors (Lipinski definition) is 2. The van der Waals surface area contributed by atoms with Crippen LogP contribution < -0.4 is 10.5 Å². The van der Waals surface area contributed by atoms with Crippen LogP contribution in [0.2, 0.25) is 5.02 Å². The smallest absolute Gasteiger partial charge is 0.416 e. The van der Waals surface area contributed by atoms with E-state index in [9.17, 15) is 13.2 Å². The van der Waals surface area contributed by atoms with Crippen molar-refractivity contribution in [1.82, 2.24) is 0 Å². The largest absolute Gasteiger partial charge is 0.496 e. The first-order valence-electron chi connectivity index (χ1n) is 6.09. The number of alkyl halides is 3. The molecular formula is C15H13ClF3NO. The van der Waals surface area contributed by atoms with E-state index in [0.29, 0.717) is 16.3 Å². The van der Waals surface area contributed by atoms with Gasteiger partial charge in [0, 0.05) is 10.6 Å². The van der Waals surface area contributed by atoms with Crippen molar-refractivity contribution in [2.75, 3.05) is 7.11 Å². The molecular weight excluding hydrogens is 303 g/mol. The predicted octanol–water partition coefficient (Wildman–Crippen LogP) is 4.42. The van der Waals surface area contributed by atoms with E-state index in [1.54, 1.807) is 12.1 Å². The average molecular weight is 316 g/mol. The van der Waals surface area contributed by atoms with Crippen molar-refractivity contribution in [3.8, 4) is 5.75 Å². The Bertz CT molecular complexity index is 643. The summed E-state index contributed by atoms with van der Waals surface area (Å²) >= 11 is 5.85. The van der Waals surface area contributed by atoms with Crippen LogP contribution in [-0.4, -0.2) is 7.11 Å². The third-order valence-electron chi connectivity index (χ3n) is 3.13. The van der Waals surface area contributed by atoms with Gasteiger partial charge in [-0.3, -0.25) is 0 Å². The normalized spacial score (nSPS) is 13.0. The lowest BCUT2D eigenvalue weighted by Crippen LogP contribution is -2.19. The van der Waals surface area contributed by atoms with Crippen molar-refractivity contribution in [2.45, 2.75) is 12.2 Å². The SMILES string of the molecule is COc1cc(Cl)ccc1C(N)c1ccccc1C(F)(F)F. The fourth-order valence-corrected chi connectivity index (χ4v) is 2.30. The first-order chi connectivity index (χ1) is 9.84.